The van der Waals surface area contributed by atoms with Crippen LogP contribution in [-0.2, 0) is 6.61 Å². The molecule has 0 radical (unpaired) electrons. The molecule has 6 heteroatoms. The number of benzene rings is 2. The number of pyridine rings is 1. The summed E-state index contributed by atoms with van der Waals surface area (Å²) in [6.07, 6.45) is 3.92. The van der Waals surface area contributed by atoms with Crippen LogP contribution in [-0.4, -0.2) is 15.3 Å². The molecule has 146 valence electrons. The van der Waals surface area contributed by atoms with Gasteiger partial charge in [0, 0.05) is 28.7 Å². The molecule has 0 atom stereocenters. The zero-order chi connectivity index (χ0) is 20.4. The van der Waals surface area contributed by atoms with E-state index in [1.54, 1.807) is 36.4 Å². The molecule has 0 saturated carbocycles. The van der Waals surface area contributed by atoms with Crippen LogP contribution in [0.5, 0.6) is 5.75 Å². The van der Waals surface area contributed by atoms with E-state index in [0.29, 0.717) is 22.9 Å². The molecular weight excluding hydrogens is 386 g/mol. The van der Waals surface area contributed by atoms with Gasteiger partial charge in [0.05, 0.1) is 5.69 Å². The summed E-state index contributed by atoms with van der Waals surface area (Å²) >= 11 is 5.96. The van der Waals surface area contributed by atoms with Crippen LogP contribution in [0, 0.1) is 13.8 Å². The van der Waals surface area contributed by atoms with Crippen molar-refractivity contribution in [1.29, 1.82) is 0 Å². The molecule has 1 N–H and O–H groups in total. The number of anilines is 1. The molecule has 1 amide bonds. The van der Waals surface area contributed by atoms with E-state index in [1.165, 1.54) is 0 Å². The quantitative estimate of drug-likeness (QED) is 0.481. The van der Waals surface area contributed by atoms with Gasteiger partial charge in [0.2, 0.25) is 0 Å². The molecule has 2 aromatic heterocycles. The zero-order valence-electron chi connectivity index (χ0n) is 16.1. The molecule has 29 heavy (non-hydrogen) atoms. The first kappa shape index (κ1) is 19.0. The first-order valence-electron chi connectivity index (χ1n) is 9.23. The maximum atomic E-state index is 12.5. The highest BCUT2D eigenvalue weighted by Crippen LogP contribution is 2.21. The van der Waals surface area contributed by atoms with Crippen LogP contribution in [0.3, 0.4) is 0 Å². The number of imidazole rings is 1. The average molecular weight is 406 g/mol. The van der Waals surface area contributed by atoms with Crippen LogP contribution >= 0.6 is 11.6 Å². The van der Waals surface area contributed by atoms with Crippen molar-refractivity contribution >= 4 is 28.8 Å². The third-order valence-electron chi connectivity index (χ3n) is 4.67. The van der Waals surface area contributed by atoms with Gasteiger partial charge in [0.1, 0.15) is 18.0 Å². The van der Waals surface area contributed by atoms with E-state index in [4.69, 9.17) is 16.3 Å². The Bertz CT molecular complexity index is 1180. The van der Waals surface area contributed by atoms with Crippen LogP contribution in [0.4, 0.5) is 5.69 Å². The van der Waals surface area contributed by atoms with Crippen molar-refractivity contribution in [2.24, 2.45) is 0 Å². The summed E-state index contributed by atoms with van der Waals surface area (Å²) in [5.41, 5.74) is 5.09. The Morgan fingerprint density at radius 1 is 1.10 bits per heavy atom. The van der Waals surface area contributed by atoms with Crippen LogP contribution in [0.15, 0.2) is 67.0 Å². The SMILES string of the molecule is Cc1cc(Cl)ccc1NC(=O)c1ccc(OCc2cn3cccc(C)c3n2)cc1. The van der Waals surface area contributed by atoms with Gasteiger partial charge in [-0.1, -0.05) is 17.7 Å². The number of fused-ring (bicyclic) bond motifs is 1. The maximum Gasteiger partial charge on any atom is 0.255 e. The fourth-order valence-corrected chi connectivity index (χ4v) is 3.32. The zero-order valence-corrected chi connectivity index (χ0v) is 16.9. The largest absolute Gasteiger partial charge is 0.487 e. The normalized spacial score (nSPS) is 10.9. The number of amides is 1. The molecule has 2 heterocycles. The van der Waals surface area contributed by atoms with E-state index < -0.39 is 0 Å². The first-order chi connectivity index (χ1) is 14.0. The minimum Gasteiger partial charge on any atom is -0.487 e. The Labute approximate surface area is 173 Å². The van der Waals surface area contributed by atoms with Gasteiger partial charge in [-0.3, -0.25) is 4.79 Å². The molecule has 0 bridgehead atoms. The van der Waals surface area contributed by atoms with Crippen LogP contribution < -0.4 is 10.1 Å². The maximum absolute atomic E-state index is 12.5. The number of hydrogen-bond acceptors (Lipinski definition) is 3. The minimum atomic E-state index is -0.183. The van der Waals surface area contributed by atoms with Gasteiger partial charge in [-0.25, -0.2) is 4.98 Å². The number of aryl methyl sites for hydroxylation is 2. The van der Waals surface area contributed by atoms with Crippen molar-refractivity contribution < 1.29 is 9.53 Å². The summed E-state index contributed by atoms with van der Waals surface area (Å²) in [5, 5.41) is 3.54. The second-order valence-electron chi connectivity index (χ2n) is 6.88. The number of ether oxygens (including phenoxy) is 1. The van der Waals surface area contributed by atoms with Crippen LogP contribution in [0.2, 0.25) is 5.02 Å². The average Bonchev–Trinajstić information content (AvgIpc) is 3.13. The van der Waals surface area contributed by atoms with E-state index in [2.05, 4.69) is 10.3 Å². The summed E-state index contributed by atoms with van der Waals surface area (Å²) in [5.74, 6) is 0.496. The van der Waals surface area contributed by atoms with Gasteiger partial charge in [-0.05, 0) is 73.5 Å². The Morgan fingerprint density at radius 2 is 1.90 bits per heavy atom. The van der Waals surface area contributed by atoms with E-state index >= 15 is 0 Å². The lowest BCUT2D eigenvalue weighted by atomic mass is 10.1. The molecule has 0 aliphatic rings. The third kappa shape index (κ3) is 4.25. The van der Waals surface area contributed by atoms with Crippen molar-refractivity contribution in [3.63, 3.8) is 0 Å². The number of hydrogen-bond donors (Lipinski definition) is 1. The standard InChI is InChI=1S/C23H20ClN3O2/c1-15-4-3-11-27-13-19(25-22(15)27)14-29-20-8-5-17(6-9-20)23(28)26-21-10-7-18(24)12-16(21)2/h3-13H,14H2,1-2H3,(H,26,28). The van der Waals surface area contributed by atoms with Crippen LogP contribution in [0.25, 0.3) is 5.65 Å². The molecule has 0 aliphatic carbocycles. The fraction of sp³-hybridized carbons (Fsp3) is 0.130. The summed E-state index contributed by atoms with van der Waals surface area (Å²) < 4.78 is 7.81. The highest BCUT2D eigenvalue weighted by Gasteiger charge is 2.09. The number of aromatic nitrogens is 2. The third-order valence-corrected chi connectivity index (χ3v) is 4.90. The number of halogens is 1. The summed E-state index contributed by atoms with van der Waals surface area (Å²) in [6.45, 7) is 4.29. The molecule has 5 nitrogen and oxygen atoms in total. The second-order valence-corrected chi connectivity index (χ2v) is 7.32. The summed E-state index contributed by atoms with van der Waals surface area (Å²) in [6, 6.07) is 16.4. The topological polar surface area (TPSA) is 55.6 Å². The molecule has 0 unspecified atom stereocenters. The lowest BCUT2D eigenvalue weighted by molar-refractivity contribution is 0.102. The molecule has 2 aromatic carbocycles. The van der Waals surface area contributed by atoms with E-state index in [9.17, 15) is 4.79 Å². The highest BCUT2D eigenvalue weighted by atomic mass is 35.5. The number of carbonyl (C=O) groups is 1. The molecule has 0 saturated heterocycles. The number of nitrogens with zero attached hydrogens (tertiary/aromatic N) is 2. The van der Waals surface area contributed by atoms with Crippen molar-refractivity contribution in [2.45, 2.75) is 20.5 Å². The van der Waals surface area contributed by atoms with Crippen LogP contribution in [0.1, 0.15) is 27.2 Å². The predicted molar refractivity (Wildman–Crippen MR) is 115 cm³/mol. The molecule has 4 rings (SSSR count). The molecular formula is C23H20ClN3O2. The monoisotopic (exact) mass is 405 g/mol. The molecule has 0 spiro atoms. The molecule has 4 aromatic rings. The number of nitrogens with one attached hydrogen (secondary N) is 1. The van der Waals surface area contributed by atoms with Gasteiger partial charge in [0.25, 0.3) is 5.91 Å². The number of rotatable bonds is 5. The predicted octanol–water partition coefficient (Wildman–Crippen LogP) is 5.44. The highest BCUT2D eigenvalue weighted by molar-refractivity contribution is 6.30. The Balaban J connectivity index is 1.40. The van der Waals surface area contributed by atoms with Gasteiger partial charge >= 0.3 is 0 Å². The van der Waals surface area contributed by atoms with E-state index in [0.717, 1.165) is 28.2 Å². The summed E-state index contributed by atoms with van der Waals surface area (Å²) in [4.78, 5) is 17.1. The van der Waals surface area contributed by atoms with Gasteiger partial charge in [-0.15, -0.1) is 0 Å². The molecule has 0 aliphatic heterocycles. The Kier molecular flexibility index (Phi) is 5.23. The van der Waals surface area contributed by atoms with E-state index in [-0.39, 0.29) is 5.91 Å². The lowest BCUT2D eigenvalue weighted by Crippen LogP contribution is -2.12. The minimum absolute atomic E-state index is 0.183. The Hall–Kier alpha value is -3.31. The molecule has 0 fully saturated rings. The van der Waals surface area contributed by atoms with Crippen molar-refractivity contribution in [3.05, 3.63) is 94.4 Å². The lowest BCUT2D eigenvalue weighted by Gasteiger charge is -2.09. The fourth-order valence-electron chi connectivity index (χ4n) is 3.10. The van der Waals surface area contributed by atoms with Gasteiger partial charge < -0.3 is 14.5 Å². The van der Waals surface area contributed by atoms with Crippen molar-refractivity contribution in [2.75, 3.05) is 5.32 Å². The van der Waals surface area contributed by atoms with Gasteiger partial charge in [0.15, 0.2) is 0 Å². The Morgan fingerprint density at radius 3 is 2.62 bits per heavy atom. The summed E-state index contributed by atoms with van der Waals surface area (Å²) in [7, 11) is 0. The van der Waals surface area contributed by atoms with Crippen molar-refractivity contribution in [1.82, 2.24) is 9.38 Å². The van der Waals surface area contributed by atoms with E-state index in [1.807, 2.05) is 48.8 Å². The smallest absolute Gasteiger partial charge is 0.255 e. The van der Waals surface area contributed by atoms with Gasteiger partial charge in [-0.2, -0.15) is 0 Å². The second kappa shape index (κ2) is 7.97. The van der Waals surface area contributed by atoms with Crippen molar-refractivity contribution in [3.8, 4) is 5.75 Å². The first-order valence-corrected chi connectivity index (χ1v) is 9.61. The number of carbonyl (C=O) groups excluding carboxylic acids is 1.